The molecule has 3 N–H and O–H groups in total. The molecule has 0 unspecified atom stereocenters. The van der Waals surface area contributed by atoms with E-state index in [1.165, 1.54) is 0 Å². The average Bonchev–Trinajstić information content (AvgIpc) is 2.38. The lowest BCUT2D eigenvalue weighted by Crippen LogP contribution is -2.18. The maximum absolute atomic E-state index is 12.1. The summed E-state index contributed by atoms with van der Waals surface area (Å²) in [5, 5.41) is 13.0. The number of benzene rings is 1. The van der Waals surface area contributed by atoms with Crippen LogP contribution in [0.1, 0.15) is 11.4 Å². The molecule has 0 radical (unpaired) electrons. The van der Waals surface area contributed by atoms with Gasteiger partial charge in [0.25, 0.3) is 5.56 Å². The fourth-order valence-electron chi connectivity index (χ4n) is 1.96. The molecule has 0 aliphatic carbocycles. The normalized spacial score (nSPS) is 10.6. The second-order valence-electron chi connectivity index (χ2n) is 4.38. The van der Waals surface area contributed by atoms with E-state index in [-0.39, 0.29) is 17.0 Å². The van der Waals surface area contributed by atoms with Crippen LogP contribution in [0.5, 0.6) is 5.88 Å². The van der Waals surface area contributed by atoms with E-state index in [0.29, 0.717) is 24.4 Å². The predicted octanol–water partition coefficient (Wildman–Crippen LogP) is 1.21. The summed E-state index contributed by atoms with van der Waals surface area (Å²) >= 11 is 0. The van der Waals surface area contributed by atoms with Crippen LogP contribution in [0.25, 0.3) is 11.1 Å². The molecule has 0 atom stereocenters. The second-order valence-corrected chi connectivity index (χ2v) is 4.38. The largest absolute Gasteiger partial charge is 0.493 e. The number of hydrogen-bond acceptors (Lipinski definition) is 4. The number of likely N-dealkylation sites (N-methyl/N-ethyl adjacent to an activating group) is 1. The van der Waals surface area contributed by atoms with Crippen molar-refractivity contribution >= 4 is 0 Å². The quantitative estimate of drug-likeness (QED) is 0.771. The van der Waals surface area contributed by atoms with Gasteiger partial charge >= 0.3 is 0 Å². The van der Waals surface area contributed by atoms with Crippen molar-refractivity contribution in [3.05, 3.63) is 46.0 Å². The monoisotopic (exact) mass is 259 g/mol. The van der Waals surface area contributed by atoms with Gasteiger partial charge in [0, 0.05) is 13.0 Å². The highest BCUT2D eigenvalue weighted by atomic mass is 16.3. The number of nitrogens with zero attached hydrogens (tertiary/aromatic N) is 1. The molecule has 0 spiro atoms. The molecule has 0 aliphatic heterocycles. The average molecular weight is 259 g/mol. The van der Waals surface area contributed by atoms with E-state index in [1.54, 1.807) is 6.07 Å². The standard InChI is InChI=1S/C14H17N3O2/c1-9-5-3-4-6-10(9)12-13(18)16-11(7-8-15-2)17-14(12)19/h3-6,15H,7-8H2,1-2H3,(H2,16,17,18,19). The van der Waals surface area contributed by atoms with Gasteiger partial charge in [-0.1, -0.05) is 24.3 Å². The Hall–Kier alpha value is -2.14. The molecule has 100 valence electrons. The highest BCUT2D eigenvalue weighted by Gasteiger charge is 2.14. The molecule has 0 bridgehead atoms. The molecule has 2 aromatic rings. The van der Waals surface area contributed by atoms with Crippen molar-refractivity contribution < 1.29 is 5.11 Å². The van der Waals surface area contributed by atoms with Gasteiger partial charge in [-0.2, -0.15) is 4.98 Å². The van der Waals surface area contributed by atoms with E-state index in [1.807, 2.05) is 32.2 Å². The molecular weight excluding hydrogens is 242 g/mol. The zero-order valence-corrected chi connectivity index (χ0v) is 11.0. The van der Waals surface area contributed by atoms with E-state index >= 15 is 0 Å². The summed E-state index contributed by atoms with van der Waals surface area (Å²) in [5.74, 6) is 0.262. The molecule has 5 nitrogen and oxygen atoms in total. The van der Waals surface area contributed by atoms with E-state index in [9.17, 15) is 9.90 Å². The Morgan fingerprint density at radius 1 is 1.37 bits per heavy atom. The fraction of sp³-hybridized carbons (Fsp3) is 0.286. The van der Waals surface area contributed by atoms with Crippen molar-refractivity contribution in [3.8, 4) is 17.0 Å². The smallest absolute Gasteiger partial charge is 0.262 e. The SMILES string of the molecule is CNCCc1nc(O)c(-c2ccccc2C)c(=O)[nH]1. The van der Waals surface area contributed by atoms with Gasteiger partial charge < -0.3 is 15.4 Å². The van der Waals surface area contributed by atoms with Crippen molar-refractivity contribution in [2.24, 2.45) is 0 Å². The number of aryl methyl sites for hydroxylation is 1. The third-order valence-corrected chi connectivity index (χ3v) is 2.98. The van der Waals surface area contributed by atoms with Gasteiger partial charge in [-0.25, -0.2) is 0 Å². The molecule has 0 saturated heterocycles. The third kappa shape index (κ3) is 2.82. The molecule has 1 aromatic carbocycles. The van der Waals surface area contributed by atoms with Crippen LogP contribution in [0.3, 0.4) is 0 Å². The third-order valence-electron chi connectivity index (χ3n) is 2.98. The Morgan fingerprint density at radius 3 is 2.74 bits per heavy atom. The number of aromatic amines is 1. The Labute approximate surface area is 111 Å². The van der Waals surface area contributed by atoms with Crippen LogP contribution in [0.15, 0.2) is 29.1 Å². The summed E-state index contributed by atoms with van der Waals surface area (Å²) in [6.45, 7) is 2.58. The van der Waals surface area contributed by atoms with Crippen LogP contribution in [0, 0.1) is 6.92 Å². The van der Waals surface area contributed by atoms with Crippen molar-refractivity contribution in [1.82, 2.24) is 15.3 Å². The molecule has 5 heteroatoms. The minimum Gasteiger partial charge on any atom is -0.493 e. The number of nitrogens with one attached hydrogen (secondary N) is 2. The lowest BCUT2D eigenvalue weighted by molar-refractivity contribution is 0.449. The summed E-state index contributed by atoms with van der Waals surface area (Å²) in [6, 6.07) is 7.41. The van der Waals surface area contributed by atoms with Crippen molar-refractivity contribution in [2.45, 2.75) is 13.3 Å². The molecule has 2 rings (SSSR count). The van der Waals surface area contributed by atoms with Crippen molar-refractivity contribution in [1.29, 1.82) is 0 Å². The van der Waals surface area contributed by atoms with Gasteiger partial charge in [0.1, 0.15) is 11.4 Å². The van der Waals surface area contributed by atoms with Crippen molar-refractivity contribution in [3.63, 3.8) is 0 Å². The van der Waals surface area contributed by atoms with Crippen LogP contribution < -0.4 is 10.9 Å². The number of aromatic nitrogens is 2. The summed E-state index contributed by atoms with van der Waals surface area (Å²) < 4.78 is 0. The lowest BCUT2D eigenvalue weighted by Gasteiger charge is -2.08. The van der Waals surface area contributed by atoms with E-state index in [0.717, 1.165) is 5.56 Å². The van der Waals surface area contributed by atoms with Gasteiger partial charge in [0.15, 0.2) is 0 Å². The minimum absolute atomic E-state index is 0.218. The van der Waals surface area contributed by atoms with E-state index in [2.05, 4.69) is 15.3 Å². The minimum atomic E-state index is -0.312. The summed E-state index contributed by atoms with van der Waals surface area (Å²) in [5.41, 5.74) is 1.54. The number of hydrogen-bond donors (Lipinski definition) is 3. The Bertz CT molecular complexity index is 635. The molecule has 1 heterocycles. The lowest BCUT2D eigenvalue weighted by atomic mass is 10.0. The highest BCUT2D eigenvalue weighted by molar-refractivity contribution is 5.70. The van der Waals surface area contributed by atoms with Gasteiger partial charge in [-0.15, -0.1) is 0 Å². The summed E-state index contributed by atoms with van der Waals surface area (Å²) in [4.78, 5) is 18.9. The fourth-order valence-corrected chi connectivity index (χ4v) is 1.96. The zero-order valence-electron chi connectivity index (χ0n) is 11.0. The summed E-state index contributed by atoms with van der Waals surface area (Å²) in [6.07, 6.45) is 0.563. The molecule has 0 amide bonds. The first kappa shape index (κ1) is 13.3. The first-order valence-corrected chi connectivity index (χ1v) is 6.16. The molecular formula is C14H17N3O2. The Balaban J connectivity index is 2.49. The van der Waals surface area contributed by atoms with Crippen LogP contribution >= 0.6 is 0 Å². The summed E-state index contributed by atoms with van der Waals surface area (Å²) in [7, 11) is 1.82. The predicted molar refractivity (Wildman–Crippen MR) is 74.3 cm³/mol. The number of aromatic hydroxyl groups is 1. The second kappa shape index (κ2) is 5.67. The van der Waals surface area contributed by atoms with Crippen LogP contribution in [-0.4, -0.2) is 28.7 Å². The first-order valence-electron chi connectivity index (χ1n) is 6.16. The highest BCUT2D eigenvalue weighted by Crippen LogP contribution is 2.25. The topological polar surface area (TPSA) is 78.0 Å². The molecule has 0 fully saturated rings. The maximum atomic E-state index is 12.1. The van der Waals surface area contributed by atoms with Crippen LogP contribution in [-0.2, 0) is 6.42 Å². The van der Waals surface area contributed by atoms with E-state index < -0.39 is 0 Å². The molecule has 0 saturated carbocycles. The first-order chi connectivity index (χ1) is 9.13. The zero-order chi connectivity index (χ0) is 13.8. The maximum Gasteiger partial charge on any atom is 0.262 e. The Kier molecular flexibility index (Phi) is 3.97. The number of rotatable bonds is 4. The molecule has 0 aliphatic rings. The molecule has 1 aromatic heterocycles. The van der Waals surface area contributed by atoms with Crippen LogP contribution in [0.4, 0.5) is 0 Å². The molecule has 19 heavy (non-hydrogen) atoms. The van der Waals surface area contributed by atoms with E-state index in [4.69, 9.17) is 0 Å². The Morgan fingerprint density at radius 2 is 2.11 bits per heavy atom. The van der Waals surface area contributed by atoms with Gasteiger partial charge in [-0.3, -0.25) is 4.79 Å². The van der Waals surface area contributed by atoms with Gasteiger partial charge in [-0.05, 0) is 25.1 Å². The van der Waals surface area contributed by atoms with Crippen molar-refractivity contribution in [2.75, 3.05) is 13.6 Å². The number of H-pyrrole nitrogens is 1. The van der Waals surface area contributed by atoms with Gasteiger partial charge in [0.05, 0.1) is 0 Å². The van der Waals surface area contributed by atoms with Crippen LogP contribution in [0.2, 0.25) is 0 Å². The van der Waals surface area contributed by atoms with Gasteiger partial charge in [0.2, 0.25) is 5.88 Å².